The molecule has 82 valence electrons. The summed E-state index contributed by atoms with van der Waals surface area (Å²) in [4.78, 5) is 0. The van der Waals surface area contributed by atoms with Crippen molar-refractivity contribution in [3.05, 3.63) is 30.3 Å². The van der Waals surface area contributed by atoms with Crippen LogP contribution in [0.5, 0.6) is 0 Å². The quantitative estimate of drug-likeness (QED) is 0.746. The van der Waals surface area contributed by atoms with E-state index in [0.29, 0.717) is 0 Å². The smallest absolute Gasteiger partial charge is 0.163 e. The van der Waals surface area contributed by atoms with Gasteiger partial charge in [-0.2, -0.15) is 10.5 Å². The Bertz CT molecular complexity index is 400. The van der Waals surface area contributed by atoms with Gasteiger partial charge in [0.05, 0.1) is 12.1 Å². The zero-order valence-electron chi connectivity index (χ0n) is 9.64. The highest BCUT2D eigenvalue weighted by molar-refractivity contribution is 7.67. The lowest BCUT2D eigenvalue weighted by atomic mass is 10.2. The Labute approximate surface area is 98.3 Å². The van der Waals surface area contributed by atoms with Gasteiger partial charge in [0.1, 0.15) is 0 Å². The summed E-state index contributed by atoms with van der Waals surface area (Å²) in [6.07, 6.45) is 1.93. The van der Waals surface area contributed by atoms with Crippen molar-refractivity contribution in [3.63, 3.8) is 0 Å². The van der Waals surface area contributed by atoms with Gasteiger partial charge in [0, 0.05) is 0 Å². The predicted octanol–water partition coefficient (Wildman–Crippen LogP) is 3.01. The highest BCUT2D eigenvalue weighted by atomic mass is 31.1. The van der Waals surface area contributed by atoms with Gasteiger partial charge in [0.15, 0.2) is 5.16 Å². The van der Waals surface area contributed by atoms with E-state index in [4.69, 9.17) is 0 Å². The zero-order valence-corrected chi connectivity index (χ0v) is 10.5. The number of hydrogen-bond donors (Lipinski definition) is 0. The van der Waals surface area contributed by atoms with Crippen molar-refractivity contribution in [2.75, 3.05) is 6.16 Å². The first-order valence-electron chi connectivity index (χ1n) is 5.33. The summed E-state index contributed by atoms with van der Waals surface area (Å²) in [6.45, 7) is 3.84. The molecule has 0 heterocycles. The maximum Gasteiger partial charge on any atom is 0.163 e. The second kappa shape index (κ2) is 5.64. The second-order valence-electron chi connectivity index (χ2n) is 3.78. The molecule has 16 heavy (non-hydrogen) atoms. The van der Waals surface area contributed by atoms with Gasteiger partial charge in [-0.1, -0.05) is 43.7 Å². The van der Waals surface area contributed by atoms with Gasteiger partial charge in [-0.25, -0.2) is 0 Å². The minimum Gasteiger partial charge on any atom is -0.196 e. The van der Waals surface area contributed by atoms with E-state index in [2.05, 4.69) is 19.1 Å². The lowest BCUT2D eigenvalue weighted by molar-refractivity contribution is 0.991. The van der Waals surface area contributed by atoms with Gasteiger partial charge in [-0.05, 0) is 26.3 Å². The molecule has 0 spiro atoms. The Morgan fingerprint density at radius 2 is 1.75 bits per heavy atom. The van der Waals surface area contributed by atoms with Crippen LogP contribution >= 0.6 is 7.92 Å². The van der Waals surface area contributed by atoms with Gasteiger partial charge in [-0.3, -0.25) is 0 Å². The third kappa shape index (κ3) is 2.60. The fourth-order valence-corrected chi connectivity index (χ4v) is 4.03. The van der Waals surface area contributed by atoms with E-state index >= 15 is 0 Å². The molecule has 1 unspecified atom stereocenters. The minimum atomic E-state index is -0.868. The van der Waals surface area contributed by atoms with Crippen molar-refractivity contribution in [1.29, 1.82) is 10.5 Å². The van der Waals surface area contributed by atoms with Gasteiger partial charge >= 0.3 is 0 Å². The van der Waals surface area contributed by atoms with E-state index in [9.17, 15) is 10.5 Å². The molecule has 0 saturated carbocycles. The molecule has 0 bridgehead atoms. The van der Waals surface area contributed by atoms with Crippen molar-refractivity contribution in [2.24, 2.45) is 0 Å². The molecule has 0 aliphatic carbocycles. The third-order valence-corrected chi connectivity index (χ3v) is 5.59. The molecule has 1 rings (SSSR count). The van der Waals surface area contributed by atoms with Crippen LogP contribution in [0.4, 0.5) is 0 Å². The van der Waals surface area contributed by atoms with Crippen LogP contribution in [0.1, 0.15) is 20.3 Å². The van der Waals surface area contributed by atoms with Crippen molar-refractivity contribution < 1.29 is 0 Å². The van der Waals surface area contributed by atoms with Crippen molar-refractivity contribution in [2.45, 2.75) is 25.4 Å². The molecule has 0 aromatic heterocycles. The first-order valence-corrected chi connectivity index (χ1v) is 6.86. The molecule has 0 amide bonds. The Balaban J connectivity index is 3.12. The lowest BCUT2D eigenvalue weighted by Crippen LogP contribution is -2.24. The maximum absolute atomic E-state index is 9.19. The normalized spacial score (nSPS) is 12.5. The minimum absolute atomic E-state index is 0.724. The number of nitrogens with zero attached hydrogens (tertiary/aromatic N) is 2. The maximum atomic E-state index is 9.19. The average Bonchev–Trinajstić information content (AvgIpc) is 2.36. The van der Waals surface area contributed by atoms with E-state index in [-0.39, 0.29) is 0 Å². The third-order valence-electron chi connectivity index (χ3n) is 2.49. The molecular formula is C13H15N2P. The molecule has 0 aliphatic rings. The largest absolute Gasteiger partial charge is 0.196 e. The summed E-state index contributed by atoms with van der Waals surface area (Å²) in [5, 5.41) is 18.6. The predicted molar refractivity (Wildman–Crippen MR) is 67.8 cm³/mol. The number of benzene rings is 1. The molecule has 0 saturated heterocycles. The van der Waals surface area contributed by atoms with Crippen molar-refractivity contribution in [3.8, 4) is 12.1 Å². The van der Waals surface area contributed by atoms with Crippen LogP contribution in [-0.4, -0.2) is 11.3 Å². The average molecular weight is 230 g/mol. The highest BCUT2D eigenvalue weighted by Crippen LogP contribution is 2.48. The van der Waals surface area contributed by atoms with Crippen LogP contribution in [0.15, 0.2) is 30.3 Å². The van der Waals surface area contributed by atoms with Crippen LogP contribution in [0.2, 0.25) is 0 Å². The van der Waals surface area contributed by atoms with Crippen molar-refractivity contribution in [1.82, 2.24) is 0 Å². The zero-order chi connectivity index (χ0) is 12.0. The number of nitriles is 2. The van der Waals surface area contributed by atoms with E-state index in [1.807, 2.05) is 30.3 Å². The summed E-state index contributed by atoms with van der Waals surface area (Å²) >= 11 is 0. The monoisotopic (exact) mass is 230 g/mol. The van der Waals surface area contributed by atoms with E-state index in [1.165, 1.54) is 0 Å². The molecule has 0 fully saturated rings. The van der Waals surface area contributed by atoms with Crippen LogP contribution in [0.25, 0.3) is 0 Å². The Kier molecular flexibility index (Phi) is 4.48. The summed E-state index contributed by atoms with van der Waals surface area (Å²) in [7, 11) is -0.724. The molecule has 1 atom stereocenters. The fraction of sp³-hybridized carbons (Fsp3) is 0.385. The van der Waals surface area contributed by atoms with Crippen LogP contribution < -0.4 is 5.30 Å². The van der Waals surface area contributed by atoms with Crippen LogP contribution in [-0.2, 0) is 0 Å². The Morgan fingerprint density at radius 3 is 2.19 bits per heavy atom. The summed E-state index contributed by atoms with van der Waals surface area (Å²) < 4.78 is 0. The fourth-order valence-electron chi connectivity index (χ4n) is 1.59. The van der Waals surface area contributed by atoms with Gasteiger partial charge in [0.2, 0.25) is 0 Å². The molecule has 3 heteroatoms. The highest BCUT2D eigenvalue weighted by Gasteiger charge is 2.34. The molecule has 1 aromatic carbocycles. The van der Waals surface area contributed by atoms with E-state index < -0.39 is 13.1 Å². The molecular weight excluding hydrogens is 215 g/mol. The standard InChI is InChI=1S/C13H15N2P/c1-3-9-16(13(2,10-14)11-15)12-7-5-4-6-8-12/h4-8H,3,9H2,1-2H3. The number of hydrogen-bond acceptors (Lipinski definition) is 2. The molecule has 0 radical (unpaired) electrons. The Hall–Kier alpha value is -1.37. The number of rotatable bonds is 4. The molecule has 1 aromatic rings. The van der Waals surface area contributed by atoms with Crippen LogP contribution in [0, 0.1) is 22.7 Å². The topological polar surface area (TPSA) is 47.6 Å². The lowest BCUT2D eigenvalue weighted by Gasteiger charge is -2.26. The van der Waals surface area contributed by atoms with Crippen LogP contribution in [0.3, 0.4) is 0 Å². The Morgan fingerprint density at radius 1 is 1.19 bits per heavy atom. The molecule has 0 aliphatic heterocycles. The van der Waals surface area contributed by atoms with E-state index in [1.54, 1.807) is 6.92 Å². The first kappa shape index (κ1) is 12.7. The van der Waals surface area contributed by atoms with Gasteiger partial charge < -0.3 is 0 Å². The summed E-state index contributed by atoms with van der Waals surface area (Å²) in [5.74, 6) is 0. The first-order chi connectivity index (χ1) is 7.68. The SMILES string of the molecule is CCCP(c1ccccc1)C(C)(C#N)C#N. The van der Waals surface area contributed by atoms with Crippen molar-refractivity contribution >= 4 is 13.2 Å². The molecule has 2 nitrogen and oxygen atoms in total. The summed E-state index contributed by atoms with van der Waals surface area (Å²) in [6, 6.07) is 14.3. The van der Waals surface area contributed by atoms with E-state index in [0.717, 1.165) is 17.9 Å². The van der Waals surface area contributed by atoms with Gasteiger partial charge in [-0.15, -0.1) is 0 Å². The summed E-state index contributed by atoms with van der Waals surface area (Å²) in [5.41, 5.74) is 0. The molecule has 0 N–H and O–H groups in total. The van der Waals surface area contributed by atoms with Gasteiger partial charge in [0.25, 0.3) is 0 Å². The second-order valence-corrected chi connectivity index (χ2v) is 6.50.